The average molecular weight is 251 g/mol. The maximum Gasteiger partial charge on any atom is 0.335 e. The predicted octanol–water partition coefficient (Wildman–Crippen LogP) is 1.84. The van der Waals surface area contributed by atoms with Crippen LogP contribution in [0.25, 0.3) is 0 Å². The van der Waals surface area contributed by atoms with E-state index in [4.69, 9.17) is 5.11 Å². The number of aryl methyl sites for hydroxylation is 1. The molecule has 0 aliphatic carbocycles. The zero-order valence-electron chi connectivity index (χ0n) is 11.4. The highest BCUT2D eigenvalue weighted by Gasteiger charge is 2.07. The van der Waals surface area contributed by atoms with E-state index in [1.54, 1.807) is 19.1 Å². The molecule has 100 valence electrons. The van der Waals surface area contributed by atoms with Crippen LogP contribution in [0.4, 0.5) is 5.82 Å². The minimum Gasteiger partial charge on any atom is -0.478 e. The molecule has 1 aromatic rings. The third kappa shape index (κ3) is 4.33. The van der Waals surface area contributed by atoms with E-state index in [0.717, 1.165) is 13.1 Å². The number of rotatable bonds is 6. The molecule has 0 bridgehead atoms. The Morgan fingerprint density at radius 3 is 2.72 bits per heavy atom. The van der Waals surface area contributed by atoms with E-state index in [1.807, 2.05) is 0 Å². The Hall–Kier alpha value is -1.62. The SMILES string of the molecule is Cc1cc(C(=O)O)cc(NCCN(C)C(C)C)n1. The molecule has 0 atom stereocenters. The van der Waals surface area contributed by atoms with Crippen LogP contribution in [0, 0.1) is 6.92 Å². The fraction of sp³-hybridized carbons (Fsp3) is 0.538. The summed E-state index contributed by atoms with van der Waals surface area (Å²) < 4.78 is 0. The third-order valence-corrected chi connectivity index (χ3v) is 2.85. The van der Waals surface area contributed by atoms with Gasteiger partial charge in [-0.3, -0.25) is 0 Å². The maximum absolute atomic E-state index is 10.9. The molecule has 0 amide bonds. The number of carboxylic acids is 1. The van der Waals surface area contributed by atoms with Gasteiger partial charge < -0.3 is 15.3 Å². The van der Waals surface area contributed by atoms with Crippen LogP contribution in [-0.2, 0) is 0 Å². The van der Waals surface area contributed by atoms with Gasteiger partial charge in [0.1, 0.15) is 5.82 Å². The molecule has 2 N–H and O–H groups in total. The summed E-state index contributed by atoms with van der Waals surface area (Å²) in [7, 11) is 2.05. The molecule has 0 aliphatic rings. The highest BCUT2D eigenvalue weighted by Crippen LogP contribution is 2.10. The van der Waals surface area contributed by atoms with Crippen LogP contribution in [0.1, 0.15) is 29.9 Å². The summed E-state index contributed by atoms with van der Waals surface area (Å²) >= 11 is 0. The Morgan fingerprint density at radius 2 is 2.17 bits per heavy atom. The van der Waals surface area contributed by atoms with Crippen LogP contribution < -0.4 is 5.32 Å². The molecule has 5 heteroatoms. The Morgan fingerprint density at radius 1 is 1.50 bits per heavy atom. The molecule has 5 nitrogen and oxygen atoms in total. The number of nitrogens with one attached hydrogen (secondary N) is 1. The van der Waals surface area contributed by atoms with E-state index >= 15 is 0 Å². The van der Waals surface area contributed by atoms with Crippen LogP contribution >= 0.6 is 0 Å². The number of hydrogen-bond donors (Lipinski definition) is 2. The van der Waals surface area contributed by atoms with Crippen molar-refractivity contribution in [2.45, 2.75) is 26.8 Å². The number of pyridine rings is 1. The highest BCUT2D eigenvalue weighted by atomic mass is 16.4. The van der Waals surface area contributed by atoms with Crippen molar-refractivity contribution in [3.8, 4) is 0 Å². The van der Waals surface area contributed by atoms with Crippen LogP contribution in [0.15, 0.2) is 12.1 Å². The van der Waals surface area contributed by atoms with Gasteiger partial charge in [0.2, 0.25) is 0 Å². The normalized spacial score (nSPS) is 11.0. The van der Waals surface area contributed by atoms with Gasteiger partial charge in [-0.25, -0.2) is 9.78 Å². The van der Waals surface area contributed by atoms with Gasteiger partial charge in [-0.2, -0.15) is 0 Å². The zero-order chi connectivity index (χ0) is 13.7. The molecule has 0 saturated carbocycles. The Labute approximate surface area is 108 Å². The van der Waals surface area contributed by atoms with Crippen LogP contribution in [-0.4, -0.2) is 47.1 Å². The van der Waals surface area contributed by atoms with Crippen molar-refractivity contribution in [2.24, 2.45) is 0 Å². The van der Waals surface area contributed by atoms with Crippen LogP contribution in [0.2, 0.25) is 0 Å². The number of likely N-dealkylation sites (N-methyl/N-ethyl adjacent to an activating group) is 1. The van der Waals surface area contributed by atoms with E-state index in [-0.39, 0.29) is 5.56 Å². The van der Waals surface area contributed by atoms with E-state index in [0.29, 0.717) is 17.6 Å². The van der Waals surface area contributed by atoms with Gasteiger partial charge in [0.05, 0.1) is 5.56 Å². The molecule has 1 rings (SSSR count). The summed E-state index contributed by atoms with van der Waals surface area (Å²) in [5.41, 5.74) is 0.969. The first-order valence-corrected chi connectivity index (χ1v) is 6.06. The summed E-state index contributed by atoms with van der Waals surface area (Å²) in [5.74, 6) is -0.313. The number of anilines is 1. The third-order valence-electron chi connectivity index (χ3n) is 2.85. The topological polar surface area (TPSA) is 65.5 Å². The molecule has 0 fully saturated rings. The number of carboxylic acid groups (broad SMARTS) is 1. The number of aromatic nitrogens is 1. The molecule has 0 unspecified atom stereocenters. The molecule has 18 heavy (non-hydrogen) atoms. The second kappa shape index (κ2) is 6.35. The van der Waals surface area contributed by atoms with Gasteiger partial charge >= 0.3 is 5.97 Å². The van der Waals surface area contributed by atoms with Gasteiger partial charge in [-0.1, -0.05) is 0 Å². The van der Waals surface area contributed by atoms with Gasteiger partial charge in [0.25, 0.3) is 0 Å². The van der Waals surface area contributed by atoms with Crippen molar-refractivity contribution in [1.29, 1.82) is 0 Å². The van der Waals surface area contributed by atoms with Gasteiger partial charge in [0, 0.05) is 24.8 Å². The lowest BCUT2D eigenvalue weighted by molar-refractivity contribution is 0.0696. The smallest absolute Gasteiger partial charge is 0.335 e. The number of hydrogen-bond acceptors (Lipinski definition) is 4. The Kier molecular flexibility index (Phi) is 5.09. The standard InChI is InChI=1S/C13H21N3O2/c1-9(2)16(4)6-5-14-12-8-11(13(17)18)7-10(3)15-12/h7-9H,5-6H2,1-4H3,(H,14,15)(H,17,18). The monoisotopic (exact) mass is 251 g/mol. The van der Waals surface area contributed by atoms with Crippen molar-refractivity contribution in [1.82, 2.24) is 9.88 Å². The van der Waals surface area contributed by atoms with Crippen molar-refractivity contribution < 1.29 is 9.90 Å². The number of aromatic carboxylic acids is 1. The first-order chi connectivity index (χ1) is 8.40. The van der Waals surface area contributed by atoms with Crippen molar-refractivity contribution in [2.75, 3.05) is 25.5 Å². The van der Waals surface area contributed by atoms with Crippen LogP contribution in [0.5, 0.6) is 0 Å². The summed E-state index contributed by atoms with van der Waals surface area (Å²) in [6.07, 6.45) is 0. The number of carbonyl (C=O) groups is 1. The fourth-order valence-electron chi connectivity index (χ4n) is 1.50. The molecule has 1 heterocycles. The fourth-order valence-corrected chi connectivity index (χ4v) is 1.50. The van der Waals surface area contributed by atoms with Gasteiger partial charge in [-0.05, 0) is 40.0 Å². The number of nitrogens with zero attached hydrogens (tertiary/aromatic N) is 2. The Bertz CT molecular complexity index is 419. The molecule has 0 aromatic carbocycles. The maximum atomic E-state index is 10.9. The summed E-state index contributed by atoms with van der Waals surface area (Å²) in [4.78, 5) is 17.4. The second-order valence-electron chi connectivity index (χ2n) is 4.69. The summed E-state index contributed by atoms with van der Waals surface area (Å²) in [6, 6.07) is 3.62. The minimum absolute atomic E-state index is 0.266. The van der Waals surface area contributed by atoms with E-state index in [1.165, 1.54) is 0 Å². The lowest BCUT2D eigenvalue weighted by Gasteiger charge is -2.21. The molecule has 0 saturated heterocycles. The summed E-state index contributed by atoms with van der Waals surface area (Å²) in [6.45, 7) is 7.68. The zero-order valence-corrected chi connectivity index (χ0v) is 11.4. The van der Waals surface area contributed by atoms with Gasteiger partial charge in [-0.15, -0.1) is 0 Å². The van der Waals surface area contributed by atoms with Gasteiger partial charge in [0.15, 0.2) is 0 Å². The molecule has 0 spiro atoms. The predicted molar refractivity (Wildman–Crippen MR) is 72.2 cm³/mol. The second-order valence-corrected chi connectivity index (χ2v) is 4.69. The molecular formula is C13H21N3O2. The molecule has 1 aromatic heterocycles. The van der Waals surface area contributed by atoms with Crippen LogP contribution in [0.3, 0.4) is 0 Å². The molecule has 0 aliphatic heterocycles. The first kappa shape index (κ1) is 14.4. The average Bonchev–Trinajstić information content (AvgIpc) is 2.27. The van der Waals surface area contributed by atoms with E-state index in [2.05, 4.69) is 36.1 Å². The van der Waals surface area contributed by atoms with Crippen molar-refractivity contribution in [3.63, 3.8) is 0 Å². The van der Waals surface area contributed by atoms with Crippen molar-refractivity contribution >= 4 is 11.8 Å². The molecule has 0 radical (unpaired) electrons. The minimum atomic E-state index is -0.928. The van der Waals surface area contributed by atoms with E-state index < -0.39 is 5.97 Å². The quantitative estimate of drug-likeness (QED) is 0.807. The Balaban J connectivity index is 2.60. The first-order valence-electron chi connectivity index (χ1n) is 6.06. The van der Waals surface area contributed by atoms with E-state index in [9.17, 15) is 4.79 Å². The highest BCUT2D eigenvalue weighted by molar-refractivity contribution is 5.88. The molecular weight excluding hydrogens is 230 g/mol. The largest absolute Gasteiger partial charge is 0.478 e. The van der Waals surface area contributed by atoms with Crippen molar-refractivity contribution in [3.05, 3.63) is 23.4 Å². The lowest BCUT2D eigenvalue weighted by Crippen LogP contribution is -2.31. The lowest BCUT2D eigenvalue weighted by atomic mass is 10.2. The summed E-state index contributed by atoms with van der Waals surface area (Å²) in [5, 5.41) is 12.1.